The predicted octanol–water partition coefficient (Wildman–Crippen LogP) is 5.67. The van der Waals surface area contributed by atoms with E-state index in [1.165, 1.54) is 12.3 Å². The van der Waals surface area contributed by atoms with Crippen LogP contribution in [0, 0.1) is 5.92 Å². The van der Waals surface area contributed by atoms with E-state index in [4.69, 9.17) is 4.42 Å². The maximum atomic E-state index is 13.1. The smallest absolute Gasteiger partial charge is 0.416 e. The summed E-state index contributed by atoms with van der Waals surface area (Å²) >= 11 is 0. The van der Waals surface area contributed by atoms with Gasteiger partial charge in [-0.05, 0) is 30.0 Å². The molecule has 1 N–H and O–H groups in total. The number of benzene rings is 2. The zero-order valence-electron chi connectivity index (χ0n) is 18.9. The number of oxazole rings is 1. The molecule has 3 aromatic rings. The van der Waals surface area contributed by atoms with Gasteiger partial charge in [0.2, 0.25) is 5.89 Å². The minimum absolute atomic E-state index is 0.0433. The Hall–Kier alpha value is -3.13. The molecular weight excluding hydrogens is 431 g/mol. The van der Waals surface area contributed by atoms with Gasteiger partial charge in [0.15, 0.2) is 5.69 Å². The maximum absolute atomic E-state index is 13.1. The van der Waals surface area contributed by atoms with Crippen LogP contribution in [0.2, 0.25) is 0 Å². The molecule has 1 aromatic heterocycles. The summed E-state index contributed by atoms with van der Waals surface area (Å²) in [6.07, 6.45) is -3.09. The van der Waals surface area contributed by atoms with Gasteiger partial charge in [0.05, 0.1) is 12.1 Å². The lowest BCUT2D eigenvalue weighted by molar-refractivity contribution is -0.137. The van der Waals surface area contributed by atoms with Crippen LogP contribution in [-0.2, 0) is 25.8 Å². The molecule has 0 aliphatic carbocycles. The van der Waals surface area contributed by atoms with Crippen LogP contribution in [0.1, 0.15) is 53.8 Å². The lowest BCUT2D eigenvalue weighted by Gasteiger charge is -2.31. The molecule has 0 saturated carbocycles. The monoisotopic (exact) mass is 459 g/mol. The summed E-state index contributed by atoms with van der Waals surface area (Å²) in [5, 5.41) is 2.80. The molecule has 8 heteroatoms. The highest BCUT2D eigenvalue weighted by Crippen LogP contribution is 2.30. The van der Waals surface area contributed by atoms with Gasteiger partial charge in [-0.25, -0.2) is 4.98 Å². The van der Waals surface area contributed by atoms with Crippen molar-refractivity contribution in [3.05, 3.63) is 89.1 Å². The molecule has 3 rings (SSSR count). The van der Waals surface area contributed by atoms with Crippen LogP contribution >= 0.6 is 0 Å². The second-order valence-electron chi connectivity index (χ2n) is 8.38. The Morgan fingerprint density at radius 1 is 1.03 bits per heavy atom. The number of rotatable bonds is 9. The number of aromatic nitrogens is 1. The fourth-order valence-corrected chi connectivity index (χ4v) is 3.38. The zero-order chi connectivity index (χ0) is 24.0. The first-order chi connectivity index (χ1) is 15.6. The maximum Gasteiger partial charge on any atom is 0.416 e. The largest absolute Gasteiger partial charge is 0.447 e. The van der Waals surface area contributed by atoms with Gasteiger partial charge < -0.3 is 9.73 Å². The van der Waals surface area contributed by atoms with Crippen molar-refractivity contribution in [3.8, 4) is 0 Å². The van der Waals surface area contributed by atoms with E-state index in [1.54, 1.807) is 6.07 Å². The molecule has 0 bridgehead atoms. The van der Waals surface area contributed by atoms with Gasteiger partial charge in [-0.2, -0.15) is 13.2 Å². The molecular formula is C25H28F3N3O2. The van der Waals surface area contributed by atoms with E-state index in [0.29, 0.717) is 24.5 Å². The lowest BCUT2D eigenvalue weighted by atomic mass is 10.0. The predicted molar refractivity (Wildman–Crippen MR) is 119 cm³/mol. The first-order valence-electron chi connectivity index (χ1n) is 10.8. The first-order valence-corrected chi connectivity index (χ1v) is 10.8. The molecule has 0 unspecified atom stereocenters. The van der Waals surface area contributed by atoms with Gasteiger partial charge in [0.25, 0.3) is 5.91 Å². The number of nitrogens with zero attached hydrogens (tertiary/aromatic N) is 2. The average Bonchev–Trinajstić information content (AvgIpc) is 3.25. The van der Waals surface area contributed by atoms with Gasteiger partial charge in [0.1, 0.15) is 6.26 Å². The highest BCUT2D eigenvalue weighted by molar-refractivity contribution is 5.91. The Morgan fingerprint density at radius 3 is 2.39 bits per heavy atom. The molecule has 0 spiro atoms. The van der Waals surface area contributed by atoms with Crippen molar-refractivity contribution in [1.82, 2.24) is 15.2 Å². The Labute approximate surface area is 191 Å². The van der Waals surface area contributed by atoms with Gasteiger partial charge in [-0.1, -0.05) is 62.4 Å². The summed E-state index contributed by atoms with van der Waals surface area (Å²) in [5.41, 5.74) is 1.00. The van der Waals surface area contributed by atoms with Crippen LogP contribution < -0.4 is 5.32 Å². The summed E-state index contributed by atoms with van der Waals surface area (Å²) in [6, 6.07) is 14.9. The summed E-state index contributed by atoms with van der Waals surface area (Å²) in [4.78, 5) is 18.7. The van der Waals surface area contributed by atoms with E-state index < -0.39 is 11.7 Å². The average molecular weight is 460 g/mol. The third-order valence-corrected chi connectivity index (χ3v) is 5.60. The van der Waals surface area contributed by atoms with E-state index >= 15 is 0 Å². The van der Waals surface area contributed by atoms with Crippen molar-refractivity contribution < 1.29 is 22.4 Å². The van der Waals surface area contributed by atoms with Crippen LogP contribution in [0.25, 0.3) is 0 Å². The Bertz CT molecular complexity index is 1050. The van der Waals surface area contributed by atoms with Crippen molar-refractivity contribution >= 4 is 5.91 Å². The minimum Gasteiger partial charge on any atom is -0.447 e. The number of hydrogen-bond donors (Lipinski definition) is 1. The highest BCUT2D eigenvalue weighted by Gasteiger charge is 2.30. The first kappa shape index (κ1) is 24.5. The number of halogens is 3. The third-order valence-electron chi connectivity index (χ3n) is 5.60. The van der Waals surface area contributed by atoms with Crippen molar-refractivity contribution in [3.63, 3.8) is 0 Å². The van der Waals surface area contributed by atoms with Crippen molar-refractivity contribution in [1.29, 1.82) is 0 Å². The molecule has 2 aromatic carbocycles. The number of alkyl halides is 3. The number of hydrogen-bond acceptors (Lipinski definition) is 4. The number of amides is 1. The second-order valence-corrected chi connectivity index (χ2v) is 8.38. The van der Waals surface area contributed by atoms with Crippen LogP contribution in [0.5, 0.6) is 0 Å². The third kappa shape index (κ3) is 6.92. The topological polar surface area (TPSA) is 58.4 Å². The van der Waals surface area contributed by atoms with E-state index in [9.17, 15) is 18.0 Å². The van der Waals surface area contributed by atoms with Crippen molar-refractivity contribution in [2.24, 2.45) is 5.92 Å². The van der Waals surface area contributed by atoms with Gasteiger partial charge in [-0.15, -0.1) is 0 Å². The molecule has 0 fully saturated rings. The number of carbonyl (C=O) groups is 1. The van der Waals surface area contributed by atoms with Crippen LogP contribution in [0.15, 0.2) is 65.3 Å². The van der Waals surface area contributed by atoms with Crippen LogP contribution in [-0.4, -0.2) is 21.8 Å². The quantitative estimate of drug-likeness (QED) is 0.448. The summed E-state index contributed by atoms with van der Waals surface area (Å²) in [6.45, 7) is 7.02. The molecule has 1 amide bonds. The van der Waals surface area contributed by atoms with Crippen LogP contribution in [0.4, 0.5) is 13.2 Å². The molecule has 1 heterocycles. The Balaban J connectivity index is 1.70. The molecule has 1 atom stereocenters. The molecule has 0 radical (unpaired) electrons. The highest BCUT2D eigenvalue weighted by atomic mass is 19.4. The SMILES string of the molecule is CC(C)[C@H](C)N(Cc1cccc(C(F)(F)F)c1)Cc1nc(C(=O)NCc2ccccc2)co1. The minimum atomic E-state index is -4.39. The Kier molecular flexibility index (Phi) is 7.92. The summed E-state index contributed by atoms with van der Waals surface area (Å²) in [7, 11) is 0. The van der Waals surface area contributed by atoms with Crippen molar-refractivity contribution in [2.45, 2.75) is 52.6 Å². The van der Waals surface area contributed by atoms with E-state index in [0.717, 1.165) is 17.7 Å². The molecule has 0 aliphatic heterocycles. The van der Waals surface area contributed by atoms with Crippen molar-refractivity contribution in [2.75, 3.05) is 0 Å². The second kappa shape index (κ2) is 10.7. The van der Waals surface area contributed by atoms with E-state index in [1.807, 2.05) is 56.0 Å². The fraction of sp³-hybridized carbons (Fsp3) is 0.360. The molecule has 0 saturated heterocycles. The number of carbonyl (C=O) groups excluding carboxylic acids is 1. The van der Waals surface area contributed by atoms with Crippen LogP contribution in [0.3, 0.4) is 0 Å². The lowest BCUT2D eigenvalue weighted by Crippen LogP contribution is -2.36. The molecule has 5 nitrogen and oxygen atoms in total. The molecule has 0 aliphatic rings. The van der Waals surface area contributed by atoms with Gasteiger partial charge in [0, 0.05) is 19.1 Å². The fourth-order valence-electron chi connectivity index (χ4n) is 3.38. The normalized spacial score (nSPS) is 12.8. The summed E-state index contributed by atoms with van der Waals surface area (Å²) < 4.78 is 44.9. The molecule has 33 heavy (non-hydrogen) atoms. The standard InChI is InChI=1S/C25H28F3N3O2/c1-17(2)18(3)31(14-20-10-7-11-21(12-20)25(26,27)28)15-23-30-22(16-33-23)24(32)29-13-19-8-5-4-6-9-19/h4-12,16-18H,13-15H2,1-3H3,(H,29,32)/t18-/m0/s1. The van der Waals surface area contributed by atoms with Gasteiger partial charge >= 0.3 is 6.18 Å². The number of nitrogens with one attached hydrogen (secondary N) is 1. The van der Waals surface area contributed by atoms with E-state index in [-0.39, 0.29) is 30.1 Å². The van der Waals surface area contributed by atoms with E-state index in [2.05, 4.69) is 10.3 Å². The Morgan fingerprint density at radius 2 is 1.73 bits per heavy atom. The zero-order valence-corrected chi connectivity index (χ0v) is 18.9. The summed E-state index contributed by atoms with van der Waals surface area (Å²) in [5.74, 6) is 0.230. The van der Waals surface area contributed by atoms with Gasteiger partial charge in [-0.3, -0.25) is 9.69 Å². The molecule has 176 valence electrons.